The van der Waals surface area contributed by atoms with Crippen molar-refractivity contribution in [1.82, 2.24) is 9.97 Å². The minimum absolute atomic E-state index is 0.0742. The Balaban J connectivity index is 1.79. The molecule has 2 N–H and O–H groups in total. The number of nitrogens with one attached hydrogen (secondary N) is 1. The highest BCUT2D eigenvalue weighted by atomic mass is 32.1. The van der Waals surface area contributed by atoms with E-state index in [-0.39, 0.29) is 11.9 Å². The van der Waals surface area contributed by atoms with Gasteiger partial charge >= 0.3 is 0 Å². The molecule has 1 aliphatic heterocycles. The van der Waals surface area contributed by atoms with E-state index in [2.05, 4.69) is 9.97 Å². The van der Waals surface area contributed by atoms with Crippen LogP contribution in [0.5, 0.6) is 0 Å². The fourth-order valence-corrected chi connectivity index (χ4v) is 2.56. The predicted molar refractivity (Wildman–Crippen MR) is 64.6 cm³/mol. The van der Waals surface area contributed by atoms with Crippen molar-refractivity contribution in [3.63, 3.8) is 0 Å². The van der Waals surface area contributed by atoms with Crippen LogP contribution in [0.25, 0.3) is 0 Å². The van der Waals surface area contributed by atoms with Gasteiger partial charge in [-0.25, -0.2) is 4.98 Å². The maximum atomic E-state index is 12.0. The molecule has 17 heavy (non-hydrogen) atoms. The second kappa shape index (κ2) is 3.97. The number of β-amino-alcohol motifs (C(OH)–C–C–N with tert-alkyl or cyclic N) is 1. The number of ketones is 1. The average molecular weight is 249 g/mol. The fourth-order valence-electron chi connectivity index (χ4n) is 1.74. The Bertz CT molecular complexity index is 529. The summed E-state index contributed by atoms with van der Waals surface area (Å²) >= 11 is 1.43. The van der Waals surface area contributed by atoms with Crippen molar-refractivity contribution in [3.8, 4) is 0 Å². The van der Waals surface area contributed by atoms with Gasteiger partial charge in [-0.2, -0.15) is 0 Å². The topological polar surface area (TPSA) is 69.2 Å². The third-order valence-electron chi connectivity index (χ3n) is 2.72. The van der Waals surface area contributed by atoms with Crippen LogP contribution in [0, 0.1) is 0 Å². The van der Waals surface area contributed by atoms with Crippen LogP contribution in [0.3, 0.4) is 0 Å². The summed E-state index contributed by atoms with van der Waals surface area (Å²) in [5.41, 5.74) is 1.08. The van der Waals surface area contributed by atoms with E-state index >= 15 is 0 Å². The summed E-state index contributed by atoms with van der Waals surface area (Å²) in [6, 6.07) is 1.73. The Morgan fingerprint density at radius 2 is 2.41 bits per heavy atom. The van der Waals surface area contributed by atoms with Crippen LogP contribution in [-0.2, 0) is 0 Å². The quantitative estimate of drug-likeness (QED) is 0.792. The molecule has 0 bridgehead atoms. The standard InChI is InChI=1S/C11H11N3O2S/c15-8-4-14(5-8)11-13-9(6-17-11)10(16)7-1-2-12-3-7/h1-3,6,8,12,15H,4-5H2. The first-order valence-corrected chi connectivity index (χ1v) is 6.18. The average Bonchev–Trinajstić information content (AvgIpc) is 2.95. The molecule has 0 spiro atoms. The van der Waals surface area contributed by atoms with Crippen LogP contribution in [0.2, 0.25) is 0 Å². The van der Waals surface area contributed by atoms with Crippen molar-refractivity contribution in [1.29, 1.82) is 0 Å². The number of aliphatic hydroxyl groups is 1. The minimum atomic E-state index is -0.261. The Kier molecular flexibility index (Phi) is 2.45. The largest absolute Gasteiger partial charge is 0.389 e. The highest BCUT2D eigenvalue weighted by Gasteiger charge is 2.27. The first-order valence-electron chi connectivity index (χ1n) is 5.30. The Morgan fingerprint density at radius 1 is 1.59 bits per heavy atom. The molecular formula is C11H11N3O2S. The van der Waals surface area contributed by atoms with Crippen LogP contribution in [0.4, 0.5) is 5.13 Å². The molecule has 0 aromatic carbocycles. The van der Waals surface area contributed by atoms with E-state index in [1.54, 1.807) is 23.8 Å². The number of rotatable bonds is 3. The lowest BCUT2D eigenvalue weighted by atomic mass is 10.2. The van der Waals surface area contributed by atoms with Gasteiger partial charge in [-0.1, -0.05) is 0 Å². The maximum Gasteiger partial charge on any atom is 0.213 e. The highest BCUT2D eigenvalue weighted by Crippen LogP contribution is 2.25. The molecule has 2 aromatic heterocycles. The first-order chi connectivity index (χ1) is 8.24. The molecule has 0 radical (unpaired) electrons. The van der Waals surface area contributed by atoms with Gasteiger partial charge in [-0.05, 0) is 6.07 Å². The lowest BCUT2D eigenvalue weighted by Crippen LogP contribution is -2.50. The number of thiazole rings is 1. The number of nitrogens with zero attached hydrogens (tertiary/aromatic N) is 2. The lowest BCUT2D eigenvalue weighted by molar-refractivity contribution is 0.103. The summed E-state index contributed by atoms with van der Waals surface area (Å²) in [7, 11) is 0. The van der Waals surface area contributed by atoms with E-state index in [4.69, 9.17) is 0 Å². The van der Waals surface area contributed by atoms with Crippen molar-refractivity contribution in [2.45, 2.75) is 6.10 Å². The second-order valence-electron chi connectivity index (χ2n) is 4.00. The zero-order valence-corrected chi connectivity index (χ0v) is 9.78. The van der Waals surface area contributed by atoms with Crippen molar-refractivity contribution in [2.75, 3.05) is 18.0 Å². The number of hydrogen-bond acceptors (Lipinski definition) is 5. The van der Waals surface area contributed by atoms with Crippen LogP contribution in [0.15, 0.2) is 23.8 Å². The van der Waals surface area contributed by atoms with E-state index in [9.17, 15) is 9.90 Å². The van der Waals surface area contributed by atoms with Gasteiger partial charge < -0.3 is 15.0 Å². The summed E-state index contributed by atoms with van der Waals surface area (Å²) in [4.78, 5) is 21.1. The molecule has 6 heteroatoms. The van der Waals surface area contributed by atoms with E-state index in [0.29, 0.717) is 24.3 Å². The minimum Gasteiger partial charge on any atom is -0.389 e. The molecular weight excluding hydrogens is 238 g/mol. The van der Waals surface area contributed by atoms with Crippen LogP contribution in [0.1, 0.15) is 16.1 Å². The number of aromatic nitrogens is 2. The van der Waals surface area contributed by atoms with Crippen LogP contribution in [-0.4, -0.2) is 40.1 Å². The second-order valence-corrected chi connectivity index (χ2v) is 4.84. The number of carbonyl (C=O) groups excluding carboxylic acids is 1. The van der Waals surface area contributed by atoms with E-state index < -0.39 is 0 Å². The molecule has 0 unspecified atom stereocenters. The molecule has 0 amide bonds. The van der Waals surface area contributed by atoms with Gasteiger partial charge in [-0.15, -0.1) is 11.3 Å². The van der Waals surface area contributed by atoms with Gasteiger partial charge in [0.05, 0.1) is 6.10 Å². The van der Waals surface area contributed by atoms with E-state index in [1.165, 1.54) is 11.3 Å². The van der Waals surface area contributed by atoms with Crippen molar-refractivity contribution in [2.24, 2.45) is 0 Å². The lowest BCUT2D eigenvalue weighted by Gasteiger charge is -2.35. The Labute approximate surface area is 102 Å². The first kappa shape index (κ1) is 10.5. The van der Waals surface area contributed by atoms with Gasteiger partial charge in [-0.3, -0.25) is 4.79 Å². The number of hydrogen-bond donors (Lipinski definition) is 2. The molecule has 2 aromatic rings. The predicted octanol–water partition coefficient (Wildman–Crippen LogP) is 0.883. The monoisotopic (exact) mass is 249 g/mol. The maximum absolute atomic E-state index is 12.0. The number of aliphatic hydroxyl groups excluding tert-OH is 1. The number of carbonyl (C=O) groups is 1. The molecule has 5 nitrogen and oxygen atoms in total. The number of H-pyrrole nitrogens is 1. The van der Waals surface area contributed by atoms with Gasteiger partial charge in [0.15, 0.2) is 5.13 Å². The molecule has 1 aliphatic rings. The molecule has 1 saturated heterocycles. The summed E-state index contributed by atoms with van der Waals surface area (Å²) in [6.45, 7) is 1.20. The third-order valence-corrected chi connectivity index (χ3v) is 3.62. The smallest absolute Gasteiger partial charge is 0.213 e. The Morgan fingerprint density at radius 3 is 3.06 bits per heavy atom. The van der Waals surface area contributed by atoms with Gasteiger partial charge in [0.1, 0.15) is 5.69 Å². The van der Waals surface area contributed by atoms with Crippen molar-refractivity contribution < 1.29 is 9.90 Å². The molecule has 0 aliphatic carbocycles. The third kappa shape index (κ3) is 1.85. The Hall–Kier alpha value is -1.66. The normalized spacial score (nSPS) is 15.9. The summed E-state index contributed by atoms with van der Waals surface area (Å²) in [5.74, 6) is -0.0742. The molecule has 1 fully saturated rings. The fraction of sp³-hybridized carbons (Fsp3) is 0.273. The zero-order chi connectivity index (χ0) is 11.8. The summed E-state index contributed by atoms with van der Waals surface area (Å²) < 4.78 is 0. The van der Waals surface area contributed by atoms with E-state index in [1.807, 2.05) is 4.90 Å². The molecule has 0 atom stereocenters. The molecule has 0 saturated carbocycles. The highest BCUT2D eigenvalue weighted by molar-refractivity contribution is 7.14. The molecule has 3 rings (SSSR count). The van der Waals surface area contributed by atoms with Crippen LogP contribution < -0.4 is 4.90 Å². The van der Waals surface area contributed by atoms with Gasteiger partial charge in [0.2, 0.25) is 5.78 Å². The number of aromatic amines is 1. The summed E-state index contributed by atoms with van der Waals surface area (Å²) in [6.07, 6.45) is 3.11. The van der Waals surface area contributed by atoms with Crippen molar-refractivity contribution in [3.05, 3.63) is 35.1 Å². The molecule has 3 heterocycles. The van der Waals surface area contributed by atoms with E-state index in [0.717, 1.165) is 5.13 Å². The summed E-state index contributed by atoms with van der Waals surface area (Å²) in [5, 5.41) is 11.8. The van der Waals surface area contributed by atoms with Gasteiger partial charge in [0.25, 0.3) is 0 Å². The molecule has 88 valence electrons. The van der Waals surface area contributed by atoms with Gasteiger partial charge in [0, 0.05) is 36.4 Å². The van der Waals surface area contributed by atoms with Crippen LogP contribution >= 0.6 is 11.3 Å². The van der Waals surface area contributed by atoms with Crippen molar-refractivity contribution >= 4 is 22.3 Å². The number of anilines is 1. The SMILES string of the molecule is O=C(c1cc[nH]c1)c1csc(N2CC(O)C2)n1. The zero-order valence-electron chi connectivity index (χ0n) is 8.96.